The van der Waals surface area contributed by atoms with Crippen molar-refractivity contribution in [2.75, 3.05) is 25.5 Å². The summed E-state index contributed by atoms with van der Waals surface area (Å²) < 4.78 is 26.0. The molecule has 19 heavy (non-hydrogen) atoms. The molecule has 0 amide bonds. The smallest absolute Gasteiger partial charge is 0.244 e. The fourth-order valence-corrected chi connectivity index (χ4v) is 3.18. The second kappa shape index (κ2) is 5.85. The molecule has 6 nitrogen and oxygen atoms in total. The largest absolute Gasteiger partial charge is 0.389 e. The molecule has 0 unspecified atom stereocenters. The molecule has 0 saturated carbocycles. The van der Waals surface area contributed by atoms with Crippen molar-refractivity contribution in [2.24, 2.45) is 0 Å². The van der Waals surface area contributed by atoms with Crippen LogP contribution in [0.3, 0.4) is 0 Å². The summed E-state index contributed by atoms with van der Waals surface area (Å²) >= 11 is 0. The first kappa shape index (κ1) is 15.9. The number of nitrogens with one attached hydrogen (secondary N) is 1. The van der Waals surface area contributed by atoms with Gasteiger partial charge in [0, 0.05) is 26.3 Å². The van der Waals surface area contributed by atoms with Crippen LogP contribution in [0.2, 0.25) is 0 Å². The highest BCUT2D eigenvalue weighted by molar-refractivity contribution is 7.89. The summed E-state index contributed by atoms with van der Waals surface area (Å²) in [5.74, 6) is 0.601. The number of likely N-dealkylation sites (N-methyl/N-ethyl adjacent to an activating group) is 1. The monoisotopic (exact) mass is 287 g/mol. The first-order valence-electron chi connectivity index (χ1n) is 6.07. The van der Waals surface area contributed by atoms with Crippen LogP contribution in [0.5, 0.6) is 0 Å². The second-order valence-corrected chi connectivity index (χ2v) is 6.81. The van der Waals surface area contributed by atoms with E-state index in [9.17, 15) is 13.5 Å². The number of sulfonamides is 1. The fourth-order valence-electron chi connectivity index (χ4n) is 1.63. The molecule has 108 valence electrons. The Hall–Kier alpha value is -1.18. The van der Waals surface area contributed by atoms with Gasteiger partial charge in [0.15, 0.2) is 0 Å². The van der Waals surface area contributed by atoms with Gasteiger partial charge in [-0.3, -0.25) is 0 Å². The Bertz CT molecular complexity index is 506. The van der Waals surface area contributed by atoms with Gasteiger partial charge in [-0.25, -0.2) is 13.4 Å². The van der Waals surface area contributed by atoms with Crippen molar-refractivity contribution in [3.05, 3.63) is 18.3 Å². The molecule has 1 heterocycles. The van der Waals surface area contributed by atoms with Gasteiger partial charge in [-0.2, -0.15) is 4.31 Å². The lowest BCUT2D eigenvalue weighted by Crippen LogP contribution is -2.42. The van der Waals surface area contributed by atoms with Crippen molar-refractivity contribution in [1.29, 1.82) is 0 Å². The van der Waals surface area contributed by atoms with Gasteiger partial charge in [-0.1, -0.05) is 6.92 Å². The predicted octanol–water partition coefficient (Wildman–Crippen LogP) is 0.905. The molecule has 0 aliphatic carbocycles. The standard InChI is InChI=1S/C12H21N3O3S/c1-5-15(9-12(2,3)16)19(17,18)10-6-7-11(13-4)14-8-10/h6-8,16H,5,9H2,1-4H3,(H,13,14). The summed E-state index contributed by atoms with van der Waals surface area (Å²) in [6.45, 7) is 5.22. The van der Waals surface area contributed by atoms with E-state index in [1.54, 1.807) is 33.9 Å². The van der Waals surface area contributed by atoms with Crippen LogP contribution >= 0.6 is 0 Å². The first-order chi connectivity index (χ1) is 8.70. The number of pyridine rings is 1. The fraction of sp³-hybridized carbons (Fsp3) is 0.583. The third-order valence-electron chi connectivity index (χ3n) is 2.55. The Labute approximate surface area is 114 Å². The van der Waals surface area contributed by atoms with Crippen molar-refractivity contribution >= 4 is 15.8 Å². The minimum atomic E-state index is -3.63. The normalized spacial score (nSPS) is 12.7. The molecular weight excluding hydrogens is 266 g/mol. The number of anilines is 1. The maximum absolute atomic E-state index is 12.4. The van der Waals surface area contributed by atoms with E-state index in [4.69, 9.17) is 0 Å². The van der Waals surface area contributed by atoms with Crippen molar-refractivity contribution in [2.45, 2.75) is 31.3 Å². The van der Waals surface area contributed by atoms with Crippen LogP contribution in [-0.4, -0.2) is 48.6 Å². The topological polar surface area (TPSA) is 82.5 Å². The van der Waals surface area contributed by atoms with Crippen molar-refractivity contribution in [3.8, 4) is 0 Å². The summed E-state index contributed by atoms with van der Waals surface area (Å²) in [4.78, 5) is 4.12. The quantitative estimate of drug-likeness (QED) is 0.812. The van der Waals surface area contributed by atoms with Crippen LogP contribution in [0.1, 0.15) is 20.8 Å². The number of nitrogens with zero attached hydrogens (tertiary/aromatic N) is 2. The number of aromatic nitrogens is 1. The molecule has 0 fully saturated rings. The predicted molar refractivity (Wildman–Crippen MR) is 74.5 cm³/mol. The molecule has 0 aliphatic rings. The maximum atomic E-state index is 12.4. The number of rotatable bonds is 6. The molecule has 1 rings (SSSR count). The molecule has 0 aromatic carbocycles. The van der Waals surface area contributed by atoms with Gasteiger partial charge in [0.25, 0.3) is 0 Å². The first-order valence-corrected chi connectivity index (χ1v) is 7.51. The van der Waals surface area contributed by atoms with Gasteiger partial charge < -0.3 is 10.4 Å². The van der Waals surface area contributed by atoms with Crippen LogP contribution in [0.15, 0.2) is 23.2 Å². The lowest BCUT2D eigenvalue weighted by atomic mass is 10.1. The van der Waals surface area contributed by atoms with E-state index in [0.29, 0.717) is 12.4 Å². The lowest BCUT2D eigenvalue weighted by Gasteiger charge is -2.27. The lowest BCUT2D eigenvalue weighted by molar-refractivity contribution is 0.0601. The van der Waals surface area contributed by atoms with Crippen molar-refractivity contribution in [3.63, 3.8) is 0 Å². The molecule has 0 bridgehead atoms. The van der Waals surface area contributed by atoms with E-state index in [2.05, 4.69) is 10.3 Å². The third kappa shape index (κ3) is 4.15. The summed E-state index contributed by atoms with van der Waals surface area (Å²) in [5, 5.41) is 12.6. The zero-order valence-electron chi connectivity index (χ0n) is 11.7. The Kier molecular flexibility index (Phi) is 4.89. The van der Waals surface area contributed by atoms with E-state index < -0.39 is 15.6 Å². The van der Waals surface area contributed by atoms with Crippen LogP contribution in [-0.2, 0) is 10.0 Å². The molecule has 0 radical (unpaired) electrons. The number of hydrogen-bond donors (Lipinski definition) is 2. The van der Waals surface area contributed by atoms with E-state index in [0.717, 1.165) is 0 Å². The van der Waals surface area contributed by atoms with Gasteiger partial charge in [0.05, 0.1) is 5.60 Å². The molecule has 0 aliphatic heterocycles. The summed E-state index contributed by atoms with van der Waals surface area (Å²) in [5.41, 5.74) is -1.08. The minimum absolute atomic E-state index is 0.0413. The zero-order valence-corrected chi connectivity index (χ0v) is 12.5. The van der Waals surface area contributed by atoms with Crippen molar-refractivity contribution < 1.29 is 13.5 Å². The van der Waals surface area contributed by atoms with Crippen molar-refractivity contribution in [1.82, 2.24) is 9.29 Å². The highest BCUT2D eigenvalue weighted by atomic mass is 32.2. The van der Waals surface area contributed by atoms with Gasteiger partial charge in [0.2, 0.25) is 10.0 Å². The number of aliphatic hydroxyl groups is 1. The van der Waals surface area contributed by atoms with E-state index in [-0.39, 0.29) is 11.4 Å². The average molecular weight is 287 g/mol. The Morgan fingerprint density at radius 3 is 2.42 bits per heavy atom. The van der Waals surface area contributed by atoms with E-state index >= 15 is 0 Å². The van der Waals surface area contributed by atoms with Gasteiger partial charge >= 0.3 is 0 Å². The molecular formula is C12H21N3O3S. The van der Waals surface area contributed by atoms with Gasteiger partial charge in [-0.05, 0) is 26.0 Å². The van der Waals surface area contributed by atoms with Crippen LogP contribution in [0.25, 0.3) is 0 Å². The van der Waals surface area contributed by atoms with Gasteiger partial charge in [-0.15, -0.1) is 0 Å². The molecule has 1 aromatic rings. The van der Waals surface area contributed by atoms with Crippen LogP contribution < -0.4 is 5.32 Å². The average Bonchev–Trinajstić information content (AvgIpc) is 2.34. The third-order valence-corrected chi connectivity index (χ3v) is 4.45. The van der Waals surface area contributed by atoms with Crippen LogP contribution in [0, 0.1) is 0 Å². The van der Waals surface area contributed by atoms with E-state index in [1.165, 1.54) is 16.6 Å². The highest BCUT2D eigenvalue weighted by Gasteiger charge is 2.28. The molecule has 0 atom stereocenters. The molecule has 0 saturated heterocycles. The van der Waals surface area contributed by atoms with Gasteiger partial charge in [0.1, 0.15) is 10.7 Å². The Balaban J connectivity index is 3.06. The summed E-state index contributed by atoms with van der Waals surface area (Å²) in [6.07, 6.45) is 1.31. The summed E-state index contributed by atoms with van der Waals surface area (Å²) in [6, 6.07) is 3.10. The maximum Gasteiger partial charge on any atom is 0.244 e. The SMILES string of the molecule is CCN(CC(C)(C)O)S(=O)(=O)c1ccc(NC)nc1. The van der Waals surface area contributed by atoms with E-state index in [1.807, 2.05) is 0 Å². The second-order valence-electron chi connectivity index (χ2n) is 4.87. The Morgan fingerprint density at radius 1 is 1.42 bits per heavy atom. The zero-order chi connectivity index (χ0) is 14.7. The molecule has 7 heteroatoms. The Morgan fingerprint density at radius 2 is 2.05 bits per heavy atom. The molecule has 0 spiro atoms. The highest BCUT2D eigenvalue weighted by Crippen LogP contribution is 2.18. The molecule has 1 aromatic heterocycles. The summed E-state index contributed by atoms with van der Waals surface area (Å²) in [7, 11) is -1.91. The minimum Gasteiger partial charge on any atom is -0.389 e. The number of hydrogen-bond acceptors (Lipinski definition) is 5. The molecule has 2 N–H and O–H groups in total. The van der Waals surface area contributed by atoms with Crippen LogP contribution in [0.4, 0.5) is 5.82 Å².